The molecule has 1 aromatic heterocycles. The van der Waals surface area contributed by atoms with Crippen molar-refractivity contribution < 1.29 is 28.2 Å². The Morgan fingerprint density at radius 2 is 2.00 bits per heavy atom. The van der Waals surface area contributed by atoms with Gasteiger partial charge in [0.1, 0.15) is 6.04 Å². The van der Waals surface area contributed by atoms with Crippen LogP contribution in [0.25, 0.3) is 0 Å². The summed E-state index contributed by atoms with van der Waals surface area (Å²) in [6.45, 7) is 1.80. The highest BCUT2D eigenvalue weighted by Gasteiger charge is 2.39. The minimum Gasteiger partial charge on any atom is -0.481 e. The molecule has 34 heavy (non-hydrogen) atoms. The highest BCUT2D eigenvalue weighted by atomic mass is 79.9. The number of aliphatic carboxylic acids is 1. The molecule has 11 heteroatoms. The summed E-state index contributed by atoms with van der Waals surface area (Å²) in [6.07, 6.45) is 3.63. The smallest absolute Gasteiger partial charge is 0.338 e. The van der Waals surface area contributed by atoms with Crippen LogP contribution in [0.4, 0.5) is 8.78 Å². The summed E-state index contributed by atoms with van der Waals surface area (Å²) in [7, 11) is 0. The second kappa shape index (κ2) is 10.3. The molecule has 1 aromatic carbocycles. The van der Waals surface area contributed by atoms with E-state index in [0.29, 0.717) is 42.2 Å². The molecule has 180 valence electrons. The zero-order chi connectivity index (χ0) is 24.4. The number of thiazole rings is 1. The van der Waals surface area contributed by atoms with Crippen LogP contribution in [0.5, 0.6) is 0 Å². The lowest BCUT2D eigenvalue weighted by atomic mass is 9.78. The zero-order valence-corrected chi connectivity index (χ0v) is 20.6. The number of carbonyl (C=O) groups is 2. The number of carboxylic acids is 1. The van der Waals surface area contributed by atoms with Gasteiger partial charge in [0.05, 0.1) is 22.6 Å². The van der Waals surface area contributed by atoms with Gasteiger partial charge < -0.3 is 15.2 Å². The molecule has 0 amide bonds. The number of benzene rings is 1. The monoisotopic (exact) mass is 553 g/mol. The van der Waals surface area contributed by atoms with Crippen molar-refractivity contribution in [1.82, 2.24) is 10.3 Å². The third-order valence-electron chi connectivity index (χ3n) is 6.05. The fourth-order valence-electron chi connectivity index (χ4n) is 4.38. The van der Waals surface area contributed by atoms with Crippen LogP contribution in [0.3, 0.4) is 0 Å². The molecule has 2 heterocycles. The number of nitrogens with one attached hydrogen (secondary N) is 1. The third kappa shape index (κ3) is 4.76. The van der Waals surface area contributed by atoms with Crippen molar-refractivity contribution in [2.24, 2.45) is 16.8 Å². The number of amidine groups is 1. The van der Waals surface area contributed by atoms with Crippen molar-refractivity contribution in [3.8, 4) is 0 Å². The molecule has 1 fully saturated rings. The molecule has 0 saturated heterocycles. The van der Waals surface area contributed by atoms with Crippen molar-refractivity contribution >= 4 is 45.0 Å². The van der Waals surface area contributed by atoms with E-state index in [4.69, 9.17) is 4.74 Å². The SMILES string of the molecule is CCOC(=O)C1=C([C@H]2CC[C@H](C(=O)O)CC2)NC(c2nccs2)=NC1c1ccc(F)c(F)c1Br. The Labute approximate surface area is 207 Å². The molecular weight excluding hydrogens is 532 g/mol. The maximum Gasteiger partial charge on any atom is 0.338 e. The molecule has 7 nitrogen and oxygen atoms in total. The van der Waals surface area contributed by atoms with Gasteiger partial charge in [-0.1, -0.05) is 6.07 Å². The lowest BCUT2D eigenvalue weighted by Gasteiger charge is -2.34. The number of rotatable bonds is 6. The highest BCUT2D eigenvalue weighted by Crippen LogP contribution is 2.42. The molecule has 4 rings (SSSR count). The van der Waals surface area contributed by atoms with Gasteiger partial charge in [0.15, 0.2) is 22.5 Å². The Bertz CT molecular complexity index is 1160. The number of carbonyl (C=O) groups excluding carboxylic acids is 1. The largest absolute Gasteiger partial charge is 0.481 e. The minimum atomic E-state index is -1.08. The maximum absolute atomic E-state index is 14.5. The van der Waals surface area contributed by atoms with Crippen LogP contribution in [0.1, 0.15) is 49.2 Å². The molecule has 1 aliphatic carbocycles. The summed E-state index contributed by atoms with van der Waals surface area (Å²) in [4.78, 5) is 33.6. The number of hydrogen-bond acceptors (Lipinski definition) is 7. The van der Waals surface area contributed by atoms with E-state index < -0.39 is 35.5 Å². The van der Waals surface area contributed by atoms with E-state index in [1.165, 1.54) is 17.4 Å². The van der Waals surface area contributed by atoms with Crippen molar-refractivity contribution in [1.29, 1.82) is 0 Å². The van der Waals surface area contributed by atoms with Gasteiger partial charge in [0.25, 0.3) is 0 Å². The summed E-state index contributed by atoms with van der Waals surface area (Å²) in [5.41, 5.74) is 1.03. The number of carboxylic acid groups (broad SMARTS) is 1. The quantitative estimate of drug-likeness (QED) is 0.386. The molecular formula is C23H22BrF2N3O4S. The Kier molecular flexibility index (Phi) is 7.42. The van der Waals surface area contributed by atoms with E-state index >= 15 is 0 Å². The van der Waals surface area contributed by atoms with E-state index in [1.54, 1.807) is 18.5 Å². The number of nitrogens with zero attached hydrogens (tertiary/aromatic N) is 2. The van der Waals surface area contributed by atoms with E-state index in [0.717, 1.165) is 6.07 Å². The first-order valence-electron chi connectivity index (χ1n) is 10.8. The normalized spacial score (nSPS) is 22.7. The van der Waals surface area contributed by atoms with Crippen molar-refractivity contribution in [2.75, 3.05) is 6.61 Å². The van der Waals surface area contributed by atoms with Gasteiger partial charge in [0.2, 0.25) is 0 Å². The number of hydrogen-bond donors (Lipinski definition) is 2. The third-order valence-corrected chi connectivity index (χ3v) is 7.64. The average Bonchev–Trinajstić information content (AvgIpc) is 3.37. The second-order valence-electron chi connectivity index (χ2n) is 8.04. The van der Waals surface area contributed by atoms with Crippen molar-refractivity contribution in [3.05, 3.63) is 61.7 Å². The van der Waals surface area contributed by atoms with Crippen LogP contribution in [-0.2, 0) is 14.3 Å². The van der Waals surface area contributed by atoms with Gasteiger partial charge >= 0.3 is 11.9 Å². The van der Waals surface area contributed by atoms with Crippen LogP contribution in [0.15, 0.2) is 44.4 Å². The van der Waals surface area contributed by atoms with Crippen molar-refractivity contribution in [2.45, 2.75) is 38.6 Å². The molecule has 0 bridgehead atoms. The number of allylic oxidation sites excluding steroid dienone is 1. The molecule has 1 unspecified atom stereocenters. The fourth-order valence-corrected chi connectivity index (χ4v) is 5.50. The van der Waals surface area contributed by atoms with Gasteiger partial charge in [-0.2, -0.15) is 0 Å². The molecule has 2 aromatic rings. The molecule has 0 spiro atoms. The first-order chi connectivity index (χ1) is 16.3. The highest BCUT2D eigenvalue weighted by molar-refractivity contribution is 9.10. The van der Waals surface area contributed by atoms with Gasteiger partial charge in [-0.3, -0.25) is 9.79 Å². The predicted octanol–water partition coefficient (Wildman–Crippen LogP) is 4.98. The number of esters is 1. The lowest BCUT2D eigenvalue weighted by molar-refractivity contribution is -0.143. The first kappa shape index (κ1) is 24.5. The molecule has 1 aliphatic heterocycles. The molecule has 1 atom stereocenters. The Balaban J connectivity index is 1.85. The molecule has 0 radical (unpaired) electrons. The average molecular weight is 554 g/mol. The fraction of sp³-hybridized carbons (Fsp3) is 0.391. The summed E-state index contributed by atoms with van der Waals surface area (Å²) in [5, 5.41) is 15.0. The summed E-state index contributed by atoms with van der Waals surface area (Å²) < 4.78 is 33.5. The summed E-state index contributed by atoms with van der Waals surface area (Å²) >= 11 is 4.48. The summed E-state index contributed by atoms with van der Waals surface area (Å²) in [5.74, 6) is -3.74. The Hall–Kier alpha value is -2.66. The van der Waals surface area contributed by atoms with E-state index in [2.05, 4.69) is 31.2 Å². The van der Waals surface area contributed by atoms with Crippen LogP contribution in [0, 0.1) is 23.5 Å². The van der Waals surface area contributed by atoms with Crippen LogP contribution in [-0.4, -0.2) is 34.5 Å². The first-order valence-corrected chi connectivity index (χ1v) is 12.5. The number of halogens is 3. The number of ether oxygens (including phenoxy) is 1. The lowest BCUT2D eigenvalue weighted by Crippen LogP contribution is -2.38. The maximum atomic E-state index is 14.5. The number of aromatic nitrogens is 1. The van der Waals surface area contributed by atoms with Gasteiger partial charge in [-0.15, -0.1) is 11.3 Å². The molecule has 1 saturated carbocycles. The van der Waals surface area contributed by atoms with E-state index in [1.807, 2.05) is 0 Å². The minimum absolute atomic E-state index is 0.121. The Morgan fingerprint density at radius 3 is 2.62 bits per heavy atom. The molecule has 2 aliphatic rings. The number of aliphatic imine (C=N–C) groups is 1. The van der Waals surface area contributed by atoms with Gasteiger partial charge in [-0.25, -0.2) is 18.6 Å². The van der Waals surface area contributed by atoms with E-state index in [9.17, 15) is 23.5 Å². The van der Waals surface area contributed by atoms with Crippen LogP contribution < -0.4 is 5.32 Å². The van der Waals surface area contributed by atoms with Gasteiger partial charge in [0, 0.05) is 17.3 Å². The second-order valence-corrected chi connectivity index (χ2v) is 9.73. The summed E-state index contributed by atoms with van der Waals surface area (Å²) in [6, 6.07) is 1.41. The van der Waals surface area contributed by atoms with Crippen LogP contribution in [0.2, 0.25) is 0 Å². The molecule has 2 N–H and O–H groups in total. The predicted molar refractivity (Wildman–Crippen MR) is 125 cm³/mol. The standard InChI is InChI=1S/C23H22BrF2N3O4S/c1-2-33-23(32)15-18(11-3-5-12(6-4-11)22(30)31)28-20(21-27-9-10-34-21)29-19(15)13-7-8-14(25)17(26)16(13)24/h7-12,19H,2-6H2,1H3,(H,28,29)(H,30,31)/t11-,12-,19?. The topological polar surface area (TPSA) is 101 Å². The van der Waals surface area contributed by atoms with Gasteiger partial charge in [-0.05, 0) is 66.1 Å². The van der Waals surface area contributed by atoms with Crippen molar-refractivity contribution in [3.63, 3.8) is 0 Å². The Morgan fingerprint density at radius 1 is 1.26 bits per heavy atom. The van der Waals surface area contributed by atoms with E-state index in [-0.39, 0.29) is 28.1 Å². The zero-order valence-electron chi connectivity index (χ0n) is 18.2. The van der Waals surface area contributed by atoms with Crippen LogP contribution >= 0.6 is 27.3 Å².